The van der Waals surface area contributed by atoms with Crippen LogP contribution in [0.15, 0.2) is 59.4 Å². The fourth-order valence-corrected chi connectivity index (χ4v) is 3.08. The van der Waals surface area contributed by atoms with Crippen molar-refractivity contribution < 1.29 is 13.9 Å². The molecule has 0 aliphatic heterocycles. The molecule has 0 atom stereocenters. The molecule has 0 aliphatic carbocycles. The highest BCUT2D eigenvalue weighted by molar-refractivity contribution is 5.90. The lowest BCUT2D eigenvalue weighted by Crippen LogP contribution is -2.28. The van der Waals surface area contributed by atoms with Crippen LogP contribution >= 0.6 is 0 Å². The van der Waals surface area contributed by atoms with E-state index in [2.05, 4.69) is 15.4 Å². The highest BCUT2D eigenvalue weighted by Gasteiger charge is 2.15. The molecule has 0 aliphatic rings. The smallest absolute Gasteiger partial charge is 0.352 e. The zero-order valence-electron chi connectivity index (χ0n) is 16.3. The van der Waals surface area contributed by atoms with Crippen molar-refractivity contribution in [2.24, 2.45) is 0 Å². The molecule has 0 spiro atoms. The van der Waals surface area contributed by atoms with Gasteiger partial charge in [-0.25, -0.2) is 23.3 Å². The Labute approximate surface area is 170 Å². The van der Waals surface area contributed by atoms with E-state index < -0.39 is 17.4 Å². The quantitative estimate of drug-likeness (QED) is 0.549. The number of halogens is 1. The van der Waals surface area contributed by atoms with E-state index in [4.69, 9.17) is 4.74 Å². The van der Waals surface area contributed by atoms with E-state index in [0.717, 1.165) is 16.0 Å². The number of ether oxygens (including phenoxy) is 1. The van der Waals surface area contributed by atoms with E-state index in [-0.39, 0.29) is 6.54 Å². The zero-order valence-corrected chi connectivity index (χ0v) is 16.3. The second kappa shape index (κ2) is 7.78. The minimum absolute atomic E-state index is 0.283. The number of hydrogen-bond acceptors (Lipinski definition) is 5. The zero-order chi connectivity index (χ0) is 21.3. The molecule has 152 valence electrons. The molecule has 4 rings (SSSR count). The molecule has 0 saturated heterocycles. The van der Waals surface area contributed by atoms with Gasteiger partial charge in [0.25, 0.3) is 0 Å². The Morgan fingerprint density at radius 3 is 2.50 bits per heavy atom. The van der Waals surface area contributed by atoms with E-state index in [1.54, 1.807) is 20.1 Å². The molecule has 8 nitrogen and oxygen atoms in total. The van der Waals surface area contributed by atoms with Crippen molar-refractivity contribution in [2.45, 2.75) is 13.5 Å². The van der Waals surface area contributed by atoms with Gasteiger partial charge in [-0.1, -0.05) is 0 Å². The highest BCUT2D eigenvalue weighted by Crippen LogP contribution is 2.21. The number of amides is 1. The molecule has 0 radical (unpaired) electrons. The molecule has 0 saturated carbocycles. The number of benzene rings is 2. The minimum Gasteiger partial charge on any atom is -0.497 e. The molecule has 2 aromatic carbocycles. The minimum atomic E-state index is -0.467. The van der Waals surface area contributed by atoms with E-state index in [9.17, 15) is 14.0 Å². The summed E-state index contributed by atoms with van der Waals surface area (Å²) in [5, 5.41) is 6.88. The van der Waals surface area contributed by atoms with Gasteiger partial charge in [0.2, 0.25) is 5.91 Å². The lowest BCUT2D eigenvalue weighted by Gasteiger charge is -2.05. The number of hydrogen-bond donors (Lipinski definition) is 1. The van der Waals surface area contributed by atoms with E-state index >= 15 is 0 Å². The Balaban J connectivity index is 1.62. The van der Waals surface area contributed by atoms with Gasteiger partial charge in [-0.3, -0.25) is 4.79 Å². The number of anilines is 1. The molecular weight excluding hydrogens is 389 g/mol. The van der Waals surface area contributed by atoms with Gasteiger partial charge in [0.1, 0.15) is 23.9 Å². The maximum absolute atomic E-state index is 13.0. The molecule has 2 heterocycles. The average molecular weight is 407 g/mol. The fraction of sp³-hybridized carbons (Fsp3) is 0.143. The van der Waals surface area contributed by atoms with Gasteiger partial charge in [0, 0.05) is 17.3 Å². The summed E-state index contributed by atoms with van der Waals surface area (Å²) in [6.07, 6.45) is 0. The number of fused-ring (bicyclic) bond motifs is 1. The Morgan fingerprint density at radius 1 is 1.13 bits per heavy atom. The molecular formula is C21H18FN5O3. The van der Waals surface area contributed by atoms with Crippen LogP contribution in [0.5, 0.6) is 5.75 Å². The second-order valence-electron chi connectivity index (χ2n) is 6.61. The molecule has 2 aromatic heterocycles. The van der Waals surface area contributed by atoms with Crippen molar-refractivity contribution in [3.63, 3.8) is 0 Å². The van der Waals surface area contributed by atoms with Crippen molar-refractivity contribution in [1.82, 2.24) is 19.2 Å². The number of nitrogens with zero attached hydrogens (tertiary/aromatic N) is 4. The predicted molar refractivity (Wildman–Crippen MR) is 109 cm³/mol. The van der Waals surface area contributed by atoms with Gasteiger partial charge in [0.15, 0.2) is 5.65 Å². The molecule has 9 heteroatoms. The number of aromatic nitrogens is 4. The summed E-state index contributed by atoms with van der Waals surface area (Å²) in [6.45, 7) is 1.42. The lowest BCUT2D eigenvalue weighted by molar-refractivity contribution is -0.117. The molecule has 0 unspecified atom stereocenters. The third-order valence-corrected chi connectivity index (χ3v) is 4.54. The van der Waals surface area contributed by atoms with Crippen LogP contribution in [0.1, 0.15) is 5.82 Å². The molecule has 1 N–H and O–H groups in total. The Hall–Kier alpha value is -4.01. The fourth-order valence-electron chi connectivity index (χ4n) is 3.08. The first-order valence-electron chi connectivity index (χ1n) is 9.11. The molecule has 30 heavy (non-hydrogen) atoms. The van der Waals surface area contributed by atoms with Crippen molar-refractivity contribution >= 4 is 17.2 Å². The molecule has 1 amide bonds. The summed E-state index contributed by atoms with van der Waals surface area (Å²) in [6, 6.07) is 14.4. The van der Waals surface area contributed by atoms with E-state index in [1.807, 2.05) is 24.3 Å². The first kappa shape index (κ1) is 19.3. The SMILES string of the molecule is COc1ccc(-c2cc3nn(CC(=O)Nc4ccc(F)cc4)c(=O)n3c(C)n2)cc1. The van der Waals surface area contributed by atoms with Crippen LogP contribution in [-0.4, -0.2) is 32.2 Å². The van der Waals surface area contributed by atoms with Crippen molar-refractivity contribution in [3.8, 4) is 17.0 Å². The molecule has 4 aromatic rings. The number of carbonyl (C=O) groups is 1. The number of aryl methyl sites for hydroxylation is 1. The number of rotatable bonds is 5. The first-order chi connectivity index (χ1) is 14.4. The summed E-state index contributed by atoms with van der Waals surface area (Å²) >= 11 is 0. The Bertz CT molecular complexity index is 1280. The first-order valence-corrected chi connectivity index (χ1v) is 9.11. The summed E-state index contributed by atoms with van der Waals surface area (Å²) < 4.78 is 20.6. The van der Waals surface area contributed by atoms with Crippen LogP contribution < -0.4 is 15.7 Å². The van der Waals surface area contributed by atoms with Crippen molar-refractivity contribution in [2.75, 3.05) is 12.4 Å². The monoisotopic (exact) mass is 407 g/mol. The average Bonchev–Trinajstić information content (AvgIpc) is 3.05. The summed E-state index contributed by atoms with van der Waals surface area (Å²) in [5.41, 5.74) is 1.84. The summed E-state index contributed by atoms with van der Waals surface area (Å²) in [7, 11) is 1.59. The van der Waals surface area contributed by atoms with Crippen LogP contribution in [0.3, 0.4) is 0 Å². The van der Waals surface area contributed by atoms with Crippen LogP contribution in [0.25, 0.3) is 16.9 Å². The van der Waals surface area contributed by atoms with Crippen LogP contribution in [0, 0.1) is 12.7 Å². The maximum atomic E-state index is 13.0. The maximum Gasteiger partial charge on any atom is 0.352 e. The second-order valence-corrected chi connectivity index (χ2v) is 6.61. The third-order valence-electron chi connectivity index (χ3n) is 4.54. The number of nitrogens with one attached hydrogen (secondary N) is 1. The van der Waals surface area contributed by atoms with Crippen LogP contribution in [-0.2, 0) is 11.3 Å². The normalized spacial score (nSPS) is 10.9. The van der Waals surface area contributed by atoms with Crippen molar-refractivity contribution in [1.29, 1.82) is 0 Å². The van der Waals surface area contributed by atoms with Gasteiger partial charge in [-0.15, -0.1) is 5.10 Å². The van der Waals surface area contributed by atoms with Gasteiger partial charge in [-0.2, -0.15) is 0 Å². The predicted octanol–water partition coefficient (Wildman–Crippen LogP) is 2.65. The molecule has 0 bridgehead atoms. The number of methoxy groups -OCH3 is 1. The van der Waals surface area contributed by atoms with Gasteiger partial charge in [0.05, 0.1) is 12.8 Å². The van der Waals surface area contributed by atoms with Crippen LogP contribution in [0.4, 0.5) is 10.1 Å². The van der Waals surface area contributed by atoms with E-state index in [0.29, 0.717) is 22.9 Å². The van der Waals surface area contributed by atoms with Crippen molar-refractivity contribution in [3.05, 3.63) is 76.7 Å². The van der Waals surface area contributed by atoms with Gasteiger partial charge < -0.3 is 10.1 Å². The standard InChI is InChI=1S/C21H18FN5O3/c1-13-23-18(14-3-9-17(30-2)10-4-14)11-19-25-26(21(29)27(13)19)12-20(28)24-16-7-5-15(22)6-8-16/h3-11H,12H2,1-2H3,(H,24,28). The lowest BCUT2D eigenvalue weighted by atomic mass is 10.1. The van der Waals surface area contributed by atoms with Crippen LogP contribution in [0.2, 0.25) is 0 Å². The Kier molecular flexibility index (Phi) is 5.01. The molecule has 0 fully saturated rings. The number of carbonyl (C=O) groups excluding carboxylic acids is 1. The topological polar surface area (TPSA) is 90.5 Å². The summed E-state index contributed by atoms with van der Waals surface area (Å²) in [5.74, 6) is 0.325. The highest BCUT2D eigenvalue weighted by atomic mass is 19.1. The van der Waals surface area contributed by atoms with Gasteiger partial charge in [-0.05, 0) is 55.5 Å². The third kappa shape index (κ3) is 3.77. The largest absolute Gasteiger partial charge is 0.497 e. The Morgan fingerprint density at radius 2 is 1.83 bits per heavy atom. The van der Waals surface area contributed by atoms with Gasteiger partial charge >= 0.3 is 5.69 Å². The van der Waals surface area contributed by atoms with E-state index in [1.165, 1.54) is 28.7 Å². The summed E-state index contributed by atoms with van der Waals surface area (Å²) in [4.78, 5) is 29.5.